The number of aliphatic hydroxyl groups excluding tert-OH is 3. The second-order valence-corrected chi connectivity index (χ2v) is 13.4. The van der Waals surface area contributed by atoms with Gasteiger partial charge in [0.2, 0.25) is 0 Å². The van der Waals surface area contributed by atoms with E-state index in [-0.39, 0.29) is 119 Å². The number of hydrogen-bond donors (Lipinski definition) is 6. The first-order chi connectivity index (χ1) is 20.8. The van der Waals surface area contributed by atoms with Gasteiger partial charge in [-0.05, 0) is 38.8 Å². The summed E-state index contributed by atoms with van der Waals surface area (Å²) in [7, 11) is 0. The van der Waals surface area contributed by atoms with Crippen LogP contribution in [0.4, 0.5) is 4.79 Å². The summed E-state index contributed by atoms with van der Waals surface area (Å²) in [5, 5.41) is 60.6. The van der Waals surface area contributed by atoms with Crippen molar-refractivity contribution >= 4 is 23.8 Å². The summed E-state index contributed by atoms with van der Waals surface area (Å²) in [4.78, 5) is 52.0. The van der Waals surface area contributed by atoms with Gasteiger partial charge in [0.1, 0.15) is 36.1 Å². The Morgan fingerprint density at radius 3 is 2.28 bits per heavy atom. The van der Waals surface area contributed by atoms with E-state index in [4.69, 9.17) is 18.9 Å². The summed E-state index contributed by atoms with van der Waals surface area (Å²) in [6.07, 6.45) is -7.41. The summed E-state index contributed by atoms with van der Waals surface area (Å²) in [5.41, 5.74) is -7.25. The number of carbonyl (C=O) groups is 4. The number of allylic oxidation sites excluding steroid dienone is 1. The van der Waals surface area contributed by atoms with Gasteiger partial charge >= 0.3 is 18.0 Å². The molecule has 2 saturated carbocycles. The van der Waals surface area contributed by atoms with Crippen molar-refractivity contribution < 1.29 is 152 Å². The van der Waals surface area contributed by atoms with E-state index in [2.05, 4.69) is 5.32 Å². The van der Waals surface area contributed by atoms with E-state index in [1.54, 1.807) is 19.1 Å². The average molecular weight is 1090 g/mol. The van der Waals surface area contributed by atoms with Gasteiger partial charge in [0, 0.05) is 119 Å². The fourth-order valence-electron chi connectivity index (χ4n) is 7.74. The van der Waals surface area contributed by atoms with Crippen molar-refractivity contribution in [3.8, 4) is 0 Å². The second kappa shape index (κ2) is 15.7. The van der Waals surface area contributed by atoms with Crippen molar-refractivity contribution in [2.75, 3.05) is 13.2 Å². The molecule has 0 aromatic heterocycles. The van der Waals surface area contributed by atoms with Crippen molar-refractivity contribution in [2.45, 2.75) is 115 Å². The summed E-state index contributed by atoms with van der Waals surface area (Å²) < 4.78 is 21.9. The maximum Gasteiger partial charge on any atom is 0.407 e. The minimum Gasteiger partial charge on any atom is -0.459 e. The number of Topliss-reactive ketones (excluding diaryl/α,β-unsaturated/α-hetero) is 1. The van der Waals surface area contributed by atoms with E-state index < -0.39 is 101 Å². The van der Waals surface area contributed by atoms with Gasteiger partial charge in [0.25, 0.3) is 0 Å². The molecule has 2 bridgehead atoms. The second-order valence-electron chi connectivity index (χ2n) is 13.4. The molecule has 258 valence electrons. The van der Waals surface area contributed by atoms with Gasteiger partial charge in [0.15, 0.2) is 11.9 Å². The maximum absolute atomic E-state index is 14.3. The summed E-state index contributed by atoms with van der Waals surface area (Å²) in [5.74, 6) is -4.35. The smallest absolute Gasteiger partial charge is 0.407 e. The predicted molar refractivity (Wildman–Crippen MR) is 154 cm³/mol. The molecule has 0 aromatic carbocycles. The standard InChI is InChI=1S/C31H45NO13.2Ac/c1-8-9-10-42-27(39)32-15(3)21(35)26(38)45-17-12-31(41)25(44-16(4)33)23-29(7,18(34)11-19-30(23,40)13-43-19)24(37)22(36)20(14(17)2)28(31,5)6;;/h8-9,15,17-19,21-23,25,34-36,40-41H,10-13H2,1-7H3,(H,32,39);;/b9-8+;;/t15-,17?,18-,19+,21+,22+,23-,25-,29+,30-,31+;;/m0../s1. The molecular formula is C31H45Ac2NO13. The summed E-state index contributed by atoms with van der Waals surface area (Å²) in [6, 6.07) is -1.16. The molecule has 1 aliphatic heterocycles. The van der Waals surface area contributed by atoms with Crippen LogP contribution in [0.3, 0.4) is 0 Å². The van der Waals surface area contributed by atoms with Gasteiger partial charge in [-0.1, -0.05) is 26.0 Å². The number of ketones is 1. The third kappa shape index (κ3) is 7.23. The fourth-order valence-corrected chi connectivity index (χ4v) is 7.74. The SMILES string of the molecule is C/C=C/COC(=O)N[C@@H](C)[C@@H](O)C(=O)OC1C[C@@]2(O)[C@@H](OC(C)=O)[C@@H]3[C@]4(O)CO[C@@H]4C[C@H](O)[C@@]3(C)C(=O)[C@H](O)C(=C1C)C2(C)C.[Ac].[Ac]. The van der Waals surface area contributed by atoms with E-state index in [9.17, 15) is 44.7 Å². The molecule has 4 aliphatic rings. The molecule has 1 unspecified atom stereocenters. The number of amides is 1. The van der Waals surface area contributed by atoms with E-state index >= 15 is 0 Å². The number of fused-ring (bicyclic) bond motifs is 5. The molecule has 4 rings (SSSR count). The van der Waals surface area contributed by atoms with Crippen LogP contribution in [0.1, 0.15) is 61.3 Å². The maximum atomic E-state index is 14.3. The molecule has 0 spiro atoms. The zero-order chi connectivity index (χ0) is 33.9. The molecule has 3 aliphatic carbocycles. The van der Waals surface area contributed by atoms with E-state index in [1.165, 1.54) is 34.6 Å². The zero-order valence-electron chi connectivity index (χ0n) is 27.8. The average Bonchev–Trinajstić information content (AvgIpc) is 2.95. The minimum absolute atomic E-state index is 0. The van der Waals surface area contributed by atoms with E-state index in [0.717, 1.165) is 6.92 Å². The Bertz CT molecular complexity index is 1310. The van der Waals surface area contributed by atoms with E-state index in [1.807, 2.05) is 0 Å². The van der Waals surface area contributed by atoms with Crippen molar-refractivity contribution in [2.24, 2.45) is 16.7 Å². The molecule has 6 N–H and O–H groups in total. The van der Waals surface area contributed by atoms with Gasteiger partial charge in [-0.2, -0.15) is 0 Å². The number of hydrogen-bond acceptors (Lipinski definition) is 13. The Morgan fingerprint density at radius 2 is 1.74 bits per heavy atom. The number of carbonyl (C=O) groups excluding carboxylic acids is 4. The van der Waals surface area contributed by atoms with Crippen LogP contribution < -0.4 is 5.32 Å². The van der Waals surface area contributed by atoms with Crippen molar-refractivity contribution in [1.29, 1.82) is 0 Å². The number of ether oxygens (including phenoxy) is 4. The number of rotatable bonds is 7. The Kier molecular flexibility index (Phi) is 14.4. The van der Waals surface area contributed by atoms with Crippen molar-refractivity contribution in [3.05, 3.63) is 23.3 Å². The van der Waals surface area contributed by atoms with Crippen LogP contribution in [0, 0.1) is 105 Å². The molecule has 11 atom stereocenters. The Labute approximate surface area is 345 Å². The molecule has 1 amide bonds. The Morgan fingerprint density at radius 1 is 1.13 bits per heavy atom. The molecule has 16 heteroatoms. The third-order valence-electron chi connectivity index (χ3n) is 10.5. The topological polar surface area (TPSA) is 218 Å². The van der Waals surface area contributed by atoms with Crippen molar-refractivity contribution in [3.63, 3.8) is 0 Å². The molecule has 14 nitrogen and oxygen atoms in total. The van der Waals surface area contributed by atoms with Crippen LogP contribution in [0.25, 0.3) is 0 Å². The molecule has 2 radical (unpaired) electrons. The molecule has 3 fully saturated rings. The fraction of sp³-hybridized carbons (Fsp3) is 0.742. The summed E-state index contributed by atoms with van der Waals surface area (Å²) >= 11 is 0. The number of esters is 2. The van der Waals surface area contributed by atoms with Gasteiger partial charge < -0.3 is 49.8 Å². The van der Waals surface area contributed by atoms with Crippen LogP contribution in [-0.4, -0.2) is 116 Å². The molecule has 1 heterocycles. The minimum atomic E-state index is -2.20. The van der Waals surface area contributed by atoms with Gasteiger partial charge in [0.05, 0.1) is 30.3 Å². The number of alkyl carbamates (subject to hydrolysis) is 1. The van der Waals surface area contributed by atoms with Crippen LogP contribution in [-0.2, 0) is 33.3 Å². The van der Waals surface area contributed by atoms with Gasteiger partial charge in [-0.3, -0.25) is 9.59 Å². The number of aliphatic hydroxyl groups is 5. The van der Waals surface area contributed by atoms with Gasteiger partial charge in [-0.25, -0.2) is 9.59 Å². The largest absolute Gasteiger partial charge is 0.459 e. The quantitative estimate of drug-likeness (QED) is 0.111. The van der Waals surface area contributed by atoms with Crippen LogP contribution in [0.15, 0.2) is 23.3 Å². The molecule has 0 aromatic rings. The zero-order valence-corrected chi connectivity index (χ0v) is 37.2. The number of nitrogens with one attached hydrogen (secondary N) is 1. The van der Waals surface area contributed by atoms with E-state index in [0.29, 0.717) is 0 Å². The Hall–Kier alpha value is 0.00312. The monoisotopic (exact) mass is 1090 g/mol. The molecule has 47 heavy (non-hydrogen) atoms. The van der Waals surface area contributed by atoms with Crippen molar-refractivity contribution in [1.82, 2.24) is 5.32 Å². The van der Waals surface area contributed by atoms with Crippen LogP contribution in [0.5, 0.6) is 0 Å². The first-order valence-electron chi connectivity index (χ1n) is 15.1. The molecule has 1 saturated heterocycles. The predicted octanol–water partition coefficient (Wildman–Crippen LogP) is -0.180. The first-order valence-corrected chi connectivity index (χ1v) is 15.1. The van der Waals surface area contributed by atoms with Gasteiger partial charge in [-0.15, -0.1) is 0 Å². The Balaban J connectivity index is 0.00000384. The normalized spacial score (nSPS) is 38.4. The van der Waals surface area contributed by atoms with Crippen LogP contribution in [0.2, 0.25) is 0 Å². The molecular weight excluding hydrogens is 1050 g/mol. The van der Waals surface area contributed by atoms with Crippen LogP contribution >= 0.6 is 0 Å². The summed E-state index contributed by atoms with van der Waals surface area (Å²) in [6.45, 7) is 9.83. The third-order valence-corrected chi connectivity index (χ3v) is 10.5. The first kappa shape index (κ1) is 43.2.